The lowest BCUT2D eigenvalue weighted by Gasteiger charge is -2.27. The van der Waals surface area contributed by atoms with Crippen molar-refractivity contribution in [3.8, 4) is 5.75 Å². The largest absolute Gasteiger partial charge is 0.492 e. The molecule has 34 heavy (non-hydrogen) atoms. The van der Waals surface area contributed by atoms with E-state index < -0.39 is 10.0 Å². The average Bonchev–Trinajstić information content (AvgIpc) is 2.83. The van der Waals surface area contributed by atoms with E-state index in [0.717, 1.165) is 0 Å². The van der Waals surface area contributed by atoms with E-state index in [1.807, 2.05) is 6.07 Å². The van der Waals surface area contributed by atoms with Crippen molar-refractivity contribution in [2.45, 2.75) is 4.90 Å². The summed E-state index contributed by atoms with van der Waals surface area (Å²) in [5, 5.41) is 3.67. The average molecular weight is 508 g/mol. The standard InChI is InChI=1S/C24H27ClFN3O4S/c25-19-5-11-22(12-6-19)34(30,31)29(15-18-32-16-13-27)24-4-2-1-3-23(24)28-14-17-33-21-9-7-20(26)8-10-21/h1-12,28H,13-18,27H2. The molecule has 0 amide bonds. The zero-order valence-electron chi connectivity index (χ0n) is 18.5. The first kappa shape index (κ1) is 25.8. The highest BCUT2D eigenvalue weighted by Gasteiger charge is 2.26. The maximum absolute atomic E-state index is 13.5. The first-order valence-electron chi connectivity index (χ1n) is 10.7. The third-order valence-corrected chi connectivity index (χ3v) is 6.85. The molecule has 0 heterocycles. The number of nitrogens with zero attached hydrogens (tertiary/aromatic N) is 1. The third kappa shape index (κ3) is 7.07. The van der Waals surface area contributed by atoms with Crippen molar-refractivity contribution >= 4 is 33.0 Å². The lowest BCUT2D eigenvalue weighted by molar-refractivity contribution is 0.150. The van der Waals surface area contributed by atoms with E-state index in [0.29, 0.717) is 48.5 Å². The molecule has 0 aliphatic carbocycles. The number of ether oxygens (including phenoxy) is 2. The van der Waals surface area contributed by atoms with Crippen molar-refractivity contribution in [2.24, 2.45) is 5.73 Å². The molecule has 0 bridgehead atoms. The predicted molar refractivity (Wildman–Crippen MR) is 133 cm³/mol. The van der Waals surface area contributed by atoms with Gasteiger partial charge in [-0.1, -0.05) is 23.7 Å². The van der Waals surface area contributed by atoms with Crippen LogP contribution in [0.3, 0.4) is 0 Å². The Kier molecular flexibility index (Phi) is 9.52. The quantitative estimate of drug-likeness (QED) is 0.338. The fraction of sp³-hybridized carbons (Fsp3) is 0.250. The van der Waals surface area contributed by atoms with Gasteiger partial charge in [0.05, 0.1) is 36.0 Å². The molecule has 3 N–H and O–H groups in total. The van der Waals surface area contributed by atoms with E-state index in [9.17, 15) is 12.8 Å². The summed E-state index contributed by atoms with van der Waals surface area (Å²) in [7, 11) is -3.90. The summed E-state index contributed by atoms with van der Waals surface area (Å²) in [4.78, 5) is 0.116. The molecule has 0 aliphatic heterocycles. The molecule has 0 aromatic heterocycles. The van der Waals surface area contributed by atoms with Crippen LogP contribution >= 0.6 is 11.6 Å². The minimum atomic E-state index is -3.90. The Balaban J connectivity index is 1.78. The van der Waals surface area contributed by atoms with Crippen LogP contribution in [0.2, 0.25) is 5.02 Å². The van der Waals surface area contributed by atoms with Gasteiger partial charge in [0.1, 0.15) is 18.2 Å². The SMILES string of the molecule is NCCOCCN(c1ccccc1NCCOc1ccc(F)cc1)S(=O)(=O)c1ccc(Cl)cc1. The summed E-state index contributed by atoms with van der Waals surface area (Å²) in [5.74, 6) is 0.206. The van der Waals surface area contributed by atoms with Crippen molar-refractivity contribution in [1.82, 2.24) is 0 Å². The third-order valence-electron chi connectivity index (χ3n) is 4.78. The van der Waals surface area contributed by atoms with Crippen LogP contribution in [0.15, 0.2) is 77.7 Å². The normalized spacial score (nSPS) is 11.3. The van der Waals surface area contributed by atoms with E-state index in [1.165, 1.54) is 40.7 Å². The van der Waals surface area contributed by atoms with Crippen LogP contribution in [0, 0.1) is 5.82 Å². The van der Waals surface area contributed by atoms with Crippen LogP contribution in [-0.2, 0) is 14.8 Å². The van der Waals surface area contributed by atoms with Gasteiger partial charge in [-0.15, -0.1) is 0 Å². The van der Waals surface area contributed by atoms with E-state index >= 15 is 0 Å². The first-order chi connectivity index (χ1) is 16.4. The maximum Gasteiger partial charge on any atom is 0.264 e. The summed E-state index contributed by atoms with van der Waals surface area (Å²) >= 11 is 5.94. The van der Waals surface area contributed by atoms with Gasteiger partial charge in [-0.2, -0.15) is 0 Å². The number of benzene rings is 3. The summed E-state index contributed by atoms with van der Waals surface area (Å²) in [6, 6.07) is 18.8. The number of halogens is 2. The lowest BCUT2D eigenvalue weighted by atomic mass is 10.2. The summed E-state index contributed by atoms with van der Waals surface area (Å²) in [6.07, 6.45) is 0. The Morgan fingerprint density at radius 1 is 0.941 bits per heavy atom. The fourth-order valence-electron chi connectivity index (χ4n) is 3.16. The van der Waals surface area contributed by atoms with Crippen molar-refractivity contribution in [3.05, 3.63) is 83.6 Å². The van der Waals surface area contributed by atoms with Crippen molar-refractivity contribution in [1.29, 1.82) is 0 Å². The smallest absolute Gasteiger partial charge is 0.264 e. The molecule has 3 aromatic rings. The van der Waals surface area contributed by atoms with Crippen LogP contribution in [0.25, 0.3) is 0 Å². The van der Waals surface area contributed by atoms with Gasteiger partial charge in [-0.25, -0.2) is 12.8 Å². The second kappa shape index (κ2) is 12.6. The van der Waals surface area contributed by atoms with Gasteiger partial charge >= 0.3 is 0 Å². The van der Waals surface area contributed by atoms with Crippen LogP contribution in [0.1, 0.15) is 0 Å². The van der Waals surface area contributed by atoms with Crippen LogP contribution in [-0.4, -0.2) is 47.9 Å². The van der Waals surface area contributed by atoms with Gasteiger partial charge in [0, 0.05) is 18.1 Å². The number of para-hydroxylation sites is 2. The Morgan fingerprint density at radius 3 is 2.35 bits per heavy atom. The van der Waals surface area contributed by atoms with Gasteiger partial charge in [0.2, 0.25) is 0 Å². The fourth-order valence-corrected chi connectivity index (χ4v) is 4.76. The van der Waals surface area contributed by atoms with Crippen LogP contribution in [0.5, 0.6) is 5.75 Å². The summed E-state index contributed by atoms with van der Waals surface area (Å²) in [5.41, 5.74) is 6.56. The maximum atomic E-state index is 13.5. The van der Waals surface area contributed by atoms with Crippen LogP contribution < -0.4 is 20.1 Å². The molecule has 0 spiro atoms. The van der Waals surface area contributed by atoms with Crippen LogP contribution in [0.4, 0.5) is 15.8 Å². The Hall–Kier alpha value is -2.85. The predicted octanol–water partition coefficient (Wildman–Crippen LogP) is 4.14. The van der Waals surface area contributed by atoms with E-state index in [-0.39, 0.29) is 23.9 Å². The number of nitrogens with one attached hydrogen (secondary N) is 1. The summed E-state index contributed by atoms with van der Waals surface area (Å²) < 4.78 is 52.5. The topological polar surface area (TPSA) is 93.9 Å². The lowest BCUT2D eigenvalue weighted by Crippen LogP contribution is -2.35. The molecule has 0 aliphatic rings. The Bertz CT molecular complexity index is 1150. The molecule has 0 radical (unpaired) electrons. The molecular weight excluding hydrogens is 481 g/mol. The second-order valence-corrected chi connectivity index (χ2v) is 9.48. The molecule has 3 rings (SSSR count). The number of nitrogens with two attached hydrogens (primary N) is 1. The highest BCUT2D eigenvalue weighted by molar-refractivity contribution is 7.92. The molecule has 0 unspecified atom stereocenters. The number of sulfonamides is 1. The molecule has 3 aromatic carbocycles. The van der Waals surface area contributed by atoms with Gasteiger partial charge in [0.25, 0.3) is 10.0 Å². The van der Waals surface area contributed by atoms with Gasteiger partial charge in [0.15, 0.2) is 0 Å². The highest BCUT2D eigenvalue weighted by Crippen LogP contribution is 2.31. The highest BCUT2D eigenvalue weighted by atomic mass is 35.5. The molecule has 7 nitrogen and oxygen atoms in total. The molecule has 0 atom stereocenters. The zero-order valence-corrected chi connectivity index (χ0v) is 20.1. The van der Waals surface area contributed by atoms with Crippen molar-refractivity contribution < 1.29 is 22.3 Å². The molecule has 0 fully saturated rings. The van der Waals surface area contributed by atoms with Crippen molar-refractivity contribution in [3.63, 3.8) is 0 Å². The van der Waals surface area contributed by atoms with Gasteiger partial charge in [-0.3, -0.25) is 4.31 Å². The second-order valence-electron chi connectivity index (χ2n) is 7.18. The molecule has 10 heteroatoms. The van der Waals surface area contributed by atoms with E-state index in [1.54, 1.807) is 30.3 Å². The van der Waals surface area contributed by atoms with Gasteiger partial charge < -0.3 is 20.5 Å². The molecule has 182 valence electrons. The van der Waals surface area contributed by atoms with E-state index in [2.05, 4.69) is 5.32 Å². The number of anilines is 2. The molecular formula is C24H27ClFN3O4S. The summed E-state index contributed by atoms with van der Waals surface area (Å²) in [6.45, 7) is 1.63. The number of rotatable bonds is 13. The Labute approximate surface area is 204 Å². The molecule has 0 saturated heterocycles. The minimum Gasteiger partial charge on any atom is -0.492 e. The van der Waals surface area contributed by atoms with Gasteiger partial charge in [-0.05, 0) is 60.7 Å². The first-order valence-corrected chi connectivity index (χ1v) is 12.5. The van der Waals surface area contributed by atoms with Crippen molar-refractivity contribution in [2.75, 3.05) is 49.1 Å². The Morgan fingerprint density at radius 2 is 1.65 bits per heavy atom. The monoisotopic (exact) mass is 507 g/mol. The molecule has 0 saturated carbocycles. The number of hydrogen-bond donors (Lipinski definition) is 2. The number of hydrogen-bond acceptors (Lipinski definition) is 6. The minimum absolute atomic E-state index is 0.0930. The van der Waals surface area contributed by atoms with E-state index in [4.69, 9.17) is 26.8 Å². The zero-order chi connectivity index (χ0) is 24.4.